The van der Waals surface area contributed by atoms with E-state index in [1.54, 1.807) is 25.1 Å². The average molecular weight is 892 g/mol. The molecule has 60 heavy (non-hydrogen) atoms. The number of nitrogens with one attached hydrogen (secondary N) is 3. The number of benzene rings is 1. The zero-order valence-corrected chi connectivity index (χ0v) is 34.8. The molecule has 3 fully saturated rings. The highest BCUT2D eigenvalue weighted by atomic mass is 35.5. The van der Waals surface area contributed by atoms with E-state index in [4.69, 9.17) is 25.8 Å². The Hall–Kier alpha value is -4.46. The third-order valence-electron chi connectivity index (χ3n) is 11.3. The third kappa shape index (κ3) is 10.0. The first kappa shape index (κ1) is 45.1. The van der Waals surface area contributed by atoms with Crippen LogP contribution in [0.15, 0.2) is 36.4 Å². The summed E-state index contributed by atoms with van der Waals surface area (Å²) >= 11 is 6.43. The first-order valence-electron chi connectivity index (χ1n) is 19.6. The zero-order chi connectivity index (χ0) is 43.9. The number of aromatic nitrogens is 1. The fraction of sp³-hybridized carbons (Fsp3) is 0.615. The number of sulfonamides is 1. The van der Waals surface area contributed by atoms with E-state index in [2.05, 4.69) is 20.3 Å². The van der Waals surface area contributed by atoms with E-state index in [0.717, 1.165) is 4.90 Å². The Morgan fingerprint density at radius 3 is 2.48 bits per heavy atom. The van der Waals surface area contributed by atoms with Gasteiger partial charge in [0.25, 0.3) is 12.3 Å². The molecule has 0 bridgehead atoms. The van der Waals surface area contributed by atoms with Crippen molar-refractivity contribution >= 4 is 56.2 Å². The van der Waals surface area contributed by atoms with Gasteiger partial charge in [0.05, 0.1) is 11.8 Å². The monoisotopic (exact) mass is 891 g/mol. The van der Waals surface area contributed by atoms with Gasteiger partial charge in [-0.15, -0.1) is 0 Å². The molecule has 6 rings (SSSR count). The number of halogens is 6. The third-order valence-corrected chi connectivity index (χ3v) is 13.5. The van der Waals surface area contributed by atoms with Gasteiger partial charge in [0, 0.05) is 34.2 Å². The molecule has 0 spiro atoms. The molecule has 3 N–H and O–H groups in total. The highest BCUT2D eigenvalue weighted by molar-refractivity contribution is 7.91. The number of nitrogens with zero attached hydrogens (tertiary/aromatic N) is 2. The standard InChI is InChI=1S/C39H47ClF5N5O9S/c1-20-8-5-6-9-22-17-38(22,35(53)49-60(55,56)24-12-13-24)48-32(51)28-15-23(58-33-25-10-7-11-27(40)26(25)16-30(46-33)57-19-29(41)42)18-50(28)34(52)31(21(2)14-20)47-36(54)59-37(3,4)39(43,44)45/h6-7,9-11,16,20-24,28-29,31H,5,8,12-15,17-19H2,1-4H3,(H,47,54)(H,48,51)(H,49,53)/b9-6-/t20-,21-,22-,23-,28+,31+,38-/m1/s1. The van der Waals surface area contributed by atoms with Gasteiger partial charge >= 0.3 is 12.3 Å². The molecule has 2 saturated carbocycles. The van der Waals surface area contributed by atoms with Gasteiger partial charge in [-0.1, -0.05) is 43.7 Å². The van der Waals surface area contributed by atoms with E-state index in [0.29, 0.717) is 56.7 Å². The van der Waals surface area contributed by atoms with Crippen LogP contribution in [0.25, 0.3) is 10.8 Å². The van der Waals surface area contributed by atoms with Crippen molar-refractivity contribution in [3.05, 3.63) is 41.4 Å². The highest BCUT2D eigenvalue weighted by Crippen LogP contribution is 2.46. The zero-order valence-electron chi connectivity index (χ0n) is 33.2. The van der Waals surface area contributed by atoms with Gasteiger partial charge in [0.1, 0.15) is 23.7 Å². The van der Waals surface area contributed by atoms with Crippen molar-refractivity contribution in [2.45, 2.75) is 120 Å². The number of alkyl halides is 5. The largest absolute Gasteiger partial charge is 0.472 e. The SMILES string of the molecule is C[C@@H]1CC/C=C\[C@@H]2C[C@@]2(C(=O)NS(=O)(=O)C2CC2)NC(=O)[C@@H]2C[C@@H](Oc3nc(OCC(F)F)cc4c(Cl)cccc34)CN2C(=O)[C@@H](NC(=O)OC(C)(C)C(F)(F)F)[C@H](C)C1. The van der Waals surface area contributed by atoms with Crippen LogP contribution in [0.2, 0.25) is 5.02 Å². The maximum Gasteiger partial charge on any atom is 0.427 e. The van der Waals surface area contributed by atoms with Crippen molar-refractivity contribution in [3.63, 3.8) is 0 Å². The maximum atomic E-state index is 14.8. The number of allylic oxidation sites excluding steroid dienone is 1. The Labute approximate surface area is 348 Å². The number of ether oxygens (including phenoxy) is 3. The van der Waals surface area contributed by atoms with Crippen molar-refractivity contribution in [2.24, 2.45) is 17.8 Å². The molecular weight excluding hydrogens is 845 g/mol. The van der Waals surface area contributed by atoms with Crippen LogP contribution in [0, 0.1) is 17.8 Å². The lowest BCUT2D eigenvalue weighted by molar-refractivity contribution is -0.244. The molecule has 21 heteroatoms. The van der Waals surface area contributed by atoms with E-state index in [1.165, 1.54) is 12.1 Å². The van der Waals surface area contributed by atoms with Crippen molar-refractivity contribution in [1.29, 1.82) is 0 Å². The molecule has 1 saturated heterocycles. The Bertz CT molecular complexity index is 2140. The first-order chi connectivity index (χ1) is 28.0. The summed E-state index contributed by atoms with van der Waals surface area (Å²) in [7, 11) is -4.04. The van der Waals surface area contributed by atoms with Crippen molar-refractivity contribution < 1.29 is 63.8 Å². The molecule has 0 radical (unpaired) electrons. The topological polar surface area (TPSA) is 182 Å². The van der Waals surface area contributed by atoms with Crippen LogP contribution in [0.3, 0.4) is 0 Å². The number of carbonyl (C=O) groups is 4. The molecule has 330 valence electrons. The van der Waals surface area contributed by atoms with Crippen molar-refractivity contribution in [3.8, 4) is 11.8 Å². The normalized spacial score (nSPS) is 28.4. The molecule has 2 aliphatic carbocycles. The fourth-order valence-corrected chi connectivity index (χ4v) is 9.19. The van der Waals surface area contributed by atoms with Crippen LogP contribution >= 0.6 is 11.6 Å². The highest BCUT2D eigenvalue weighted by Gasteiger charge is 2.62. The summed E-state index contributed by atoms with van der Waals surface area (Å²) in [5.74, 6) is -4.55. The second-order valence-corrected chi connectivity index (χ2v) is 18.9. The van der Waals surface area contributed by atoms with Gasteiger partial charge in [-0.05, 0) is 76.3 Å². The number of hydrogen-bond donors (Lipinski definition) is 3. The number of alkyl carbamates (subject to hydrolysis) is 1. The fourth-order valence-electron chi connectivity index (χ4n) is 7.60. The van der Waals surface area contributed by atoms with Crippen LogP contribution in [0.4, 0.5) is 26.7 Å². The van der Waals surface area contributed by atoms with Gasteiger partial charge in [-0.3, -0.25) is 19.1 Å². The van der Waals surface area contributed by atoms with E-state index < -0.39 is 99.5 Å². The molecule has 2 aliphatic heterocycles. The van der Waals surface area contributed by atoms with Gasteiger partial charge in [-0.25, -0.2) is 22.0 Å². The Morgan fingerprint density at radius 2 is 1.82 bits per heavy atom. The molecule has 3 heterocycles. The molecular formula is C39H47ClF5N5O9S. The molecule has 7 atom stereocenters. The lowest BCUT2D eigenvalue weighted by atomic mass is 9.88. The van der Waals surface area contributed by atoms with Crippen molar-refractivity contribution in [2.75, 3.05) is 13.2 Å². The molecule has 0 unspecified atom stereocenters. The van der Waals surface area contributed by atoms with Crippen LogP contribution in [0.1, 0.15) is 72.6 Å². The first-order valence-corrected chi connectivity index (χ1v) is 21.5. The second-order valence-electron chi connectivity index (χ2n) is 16.6. The summed E-state index contributed by atoms with van der Waals surface area (Å²) in [6.45, 7) is 3.45. The van der Waals surface area contributed by atoms with Gasteiger partial charge in [0.15, 0.2) is 6.61 Å². The summed E-state index contributed by atoms with van der Waals surface area (Å²) in [5.41, 5.74) is -4.65. The number of hydrogen-bond acceptors (Lipinski definition) is 10. The lowest BCUT2D eigenvalue weighted by Crippen LogP contribution is -2.59. The summed E-state index contributed by atoms with van der Waals surface area (Å²) in [6.07, 6.45) is -4.99. The summed E-state index contributed by atoms with van der Waals surface area (Å²) < 4.78 is 112. The number of rotatable bonds is 10. The molecule has 4 aliphatic rings. The van der Waals surface area contributed by atoms with Gasteiger partial charge < -0.3 is 29.7 Å². The molecule has 2 aromatic rings. The van der Waals surface area contributed by atoms with E-state index in [9.17, 15) is 49.5 Å². The average Bonchev–Trinajstić information content (AvgIpc) is 4.07. The molecule has 4 amide bonds. The maximum absolute atomic E-state index is 14.8. The molecule has 1 aromatic carbocycles. The number of amides is 4. The Balaban J connectivity index is 1.37. The van der Waals surface area contributed by atoms with E-state index >= 15 is 0 Å². The Kier molecular flexibility index (Phi) is 12.9. The van der Waals surface area contributed by atoms with E-state index in [-0.39, 0.29) is 42.1 Å². The number of fused-ring (bicyclic) bond motifs is 3. The predicted octanol–water partition coefficient (Wildman–Crippen LogP) is 5.81. The number of pyridine rings is 1. The summed E-state index contributed by atoms with van der Waals surface area (Å²) in [6, 6.07) is 3.07. The van der Waals surface area contributed by atoms with Crippen LogP contribution in [-0.4, -0.2) is 102 Å². The summed E-state index contributed by atoms with van der Waals surface area (Å²) in [4.78, 5) is 61.5. The molecule has 14 nitrogen and oxygen atoms in total. The van der Waals surface area contributed by atoms with Crippen LogP contribution in [-0.2, 0) is 29.1 Å². The number of carbonyl (C=O) groups excluding carboxylic acids is 4. The van der Waals surface area contributed by atoms with Crippen LogP contribution in [0.5, 0.6) is 11.8 Å². The van der Waals surface area contributed by atoms with Crippen LogP contribution < -0.4 is 24.8 Å². The lowest BCUT2D eigenvalue weighted by Gasteiger charge is -2.34. The minimum absolute atomic E-state index is 0.0432. The predicted molar refractivity (Wildman–Crippen MR) is 207 cm³/mol. The minimum Gasteiger partial charge on any atom is -0.472 e. The van der Waals surface area contributed by atoms with Crippen molar-refractivity contribution in [1.82, 2.24) is 25.2 Å². The van der Waals surface area contributed by atoms with Gasteiger partial charge in [-0.2, -0.15) is 18.2 Å². The van der Waals surface area contributed by atoms with E-state index in [1.807, 2.05) is 13.0 Å². The van der Waals surface area contributed by atoms with Gasteiger partial charge in [0.2, 0.25) is 39.2 Å². The summed E-state index contributed by atoms with van der Waals surface area (Å²) in [5, 5.41) is 5.14. The molecule has 1 aromatic heterocycles. The second kappa shape index (κ2) is 17.1. The minimum atomic E-state index is -4.96. The smallest absolute Gasteiger partial charge is 0.427 e. The quantitative estimate of drug-likeness (QED) is 0.195. The Morgan fingerprint density at radius 1 is 1.10 bits per heavy atom.